The zero-order chi connectivity index (χ0) is 13.2. The number of nitrogens with zero attached hydrogens (tertiary/aromatic N) is 1. The summed E-state index contributed by atoms with van der Waals surface area (Å²) >= 11 is 0. The molecule has 0 aromatic carbocycles. The predicted octanol–water partition coefficient (Wildman–Crippen LogP) is 2.28. The number of aromatic nitrogens is 2. The van der Waals surface area contributed by atoms with Gasteiger partial charge in [0.15, 0.2) is 0 Å². The summed E-state index contributed by atoms with van der Waals surface area (Å²) in [5.74, 6) is 2.81. The molecule has 0 spiro atoms. The van der Waals surface area contributed by atoms with Crippen molar-refractivity contribution in [1.82, 2.24) is 9.97 Å². The molecule has 2 aromatic rings. The SMILES string of the molecule is CC(Cc1ccco1)Nc1cc(=O)[nH]c(C2CC2)n1. The summed E-state index contributed by atoms with van der Waals surface area (Å²) in [5.41, 5.74) is -0.0930. The number of furan rings is 1. The van der Waals surface area contributed by atoms with Crippen LogP contribution >= 0.6 is 0 Å². The van der Waals surface area contributed by atoms with Crippen molar-refractivity contribution in [2.75, 3.05) is 5.32 Å². The summed E-state index contributed by atoms with van der Waals surface area (Å²) in [5, 5.41) is 3.25. The topological polar surface area (TPSA) is 70.9 Å². The summed E-state index contributed by atoms with van der Waals surface area (Å²) in [7, 11) is 0. The number of H-pyrrole nitrogens is 1. The molecule has 2 aromatic heterocycles. The Morgan fingerprint density at radius 2 is 2.42 bits per heavy atom. The van der Waals surface area contributed by atoms with E-state index >= 15 is 0 Å². The molecule has 1 aliphatic rings. The highest BCUT2D eigenvalue weighted by atomic mass is 16.3. The number of aromatic amines is 1. The molecule has 1 unspecified atom stereocenters. The van der Waals surface area contributed by atoms with E-state index in [9.17, 15) is 4.79 Å². The first-order valence-electron chi connectivity index (χ1n) is 6.61. The molecule has 3 rings (SSSR count). The second-order valence-corrected chi connectivity index (χ2v) is 5.12. The van der Waals surface area contributed by atoms with Crippen LogP contribution in [0.15, 0.2) is 33.7 Å². The van der Waals surface area contributed by atoms with Crippen molar-refractivity contribution in [1.29, 1.82) is 0 Å². The van der Waals surface area contributed by atoms with Gasteiger partial charge in [0.2, 0.25) is 0 Å². The third-order valence-corrected chi connectivity index (χ3v) is 3.21. The average Bonchev–Trinajstić information content (AvgIpc) is 3.08. The van der Waals surface area contributed by atoms with Gasteiger partial charge in [-0.05, 0) is 31.9 Å². The molecular weight excluding hydrogens is 242 g/mol. The zero-order valence-electron chi connectivity index (χ0n) is 10.8. The fourth-order valence-electron chi connectivity index (χ4n) is 2.13. The zero-order valence-corrected chi connectivity index (χ0v) is 10.8. The van der Waals surface area contributed by atoms with Crippen LogP contribution in [0, 0.1) is 0 Å². The van der Waals surface area contributed by atoms with Gasteiger partial charge in [0, 0.05) is 24.4 Å². The summed E-state index contributed by atoms with van der Waals surface area (Å²) in [6.45, 7) is 2.04. The highest BCUT2D eigenvalue weighted by Gasteiger charge is 2.26. The fourth-order valence-corrected chi connectivity index (χ4v) is 2.13. The number of hydrogen-bond acceptors (Lipinski definition) is 4. The minimum absolute atomic E-state index is 0.0930. The smallest absolute Gasteiger partial charge is 0.252 e. The minimum Gasteiger partial charge on any atom is -0.469 e. The van der Waals surface area contributed by atoms with Gasteiger partial charge in [-0.25, -0.2) is 4.98 Å². The maximum Gasteiger partial charge on any atom is 0.252 e. The molecule has 1 fully saturated rings. The highest BCUT2D eigenvalue weighted by molar-refractivity contribution is 5.35. The van der Waals surface area contributed by atoms with Gasteiger partial charge in [0.25, 0.3) is 5.56 Å². The number of anilines is 1. The van der Waals surface area contributed by atoms with Crippen LogP contribution in [0.25, 0.3) is 0 Å². The first-order chi connectivity index (χ1) is 9.20. The van der Waals surface area contributed by atoms with Crippen molar-refractivity contribution in [3.05, 3.63) is 46.4 Å². The van der Waals surface area contributed by atoms with Crippen molar-refractivity contribution in [3.63, 3.8) is 0 Å². The Labute approximate surface area is 111 Å². The summed E-state index contributed by atoms with van der Waals surface area (Å²) < 4.78 is 5.31. The average molecular weight is 259 g/mol. The standard InChI is InChI=1S/C14H17N3O2/c1-9(7-11-3-2-6-19-11)15-12-8-13(18)17-14(16-12)10-4-5-10/h2-3,6,8-10H,4-5,7H2,1H3,(H2,15,16,17,18). The van der Waals surface area contributed by atoms with E-state index in [4.69, 9.17) is 4.42 Å². The summed E-state index contributed by atoms with van der Waals surface area (Å²) in [4.78, 5) is 18.9. The molecule has 19 heavy (non-hydrogen) atoms. The molecule has 5 heteroatoms. The highest BCUT2D eigenvalue weighted by Crippen LogP contribution is 2.37. The van der Waals surface area contributed by atoms with Crippen molar-refractivity contribution in [2.24, 2.45) is 0 Å². The van der Waals surface area contributed by atoms with E-state index in [2.05, 4.69) is 15.3 Å². The Hall–Kier alpha value is -2.04. The lowest BCUT2D eigenvalue weighted by Gasteiger charge is -2.13. The molecule has 0 saturated heterocycles. The van der Waals surface area contributed by atoms with Crippen LogP contribution < -0.4 is 10.9 Å². The van der Waals surface area contributed by atoms with Crippen LogP contribution in [0.5, 0.6) is 0 Å². The first-order valence-corrected chi connectivity index (χ1v) is 6.61. The van der Waals surface area contributed by atoms with Crippen LogP contribution in [-0.2, 0) is 6.42 Å². The van der Waals surface area contributed by atoms with E-state index < -0.39 is 0 Å². The van der Waals surface area contributed by atoms with E-state index in [0.717, 1.165) is 30.8 Å². The Kier molecular flexibility index (Phi) is 3.11. The Morgan fingerprint density at radius 1 is 1.58 bits per heavy atom. The van der Waals surface area contributed by atoms with Gasteiger partial charge in [-0.15, -0.1) is 0 Å². The molecule has 1 atom stereocenters. The van der Waals surface area contributed by atoms with Crippen LogP contribution in [0.2, 0.25) is 0 Å². The van der Waals surface area contributed by atoms with Crippen LogP contribution in [0.1, 0.15) is 37.3 Å². The van der Waals surface area contributed by atoms with Gasteiger partial charge in [-0.2, -0.15) is 0 Å². The molecule has 100 valence electrons. The van der Waals surface area contributed by atoms with E-state index in [1.54, 1.807) is 6.26 Å². The van der Waals surface area contributed by atoms with Gasteiger partial charge in [0.05, 0.1) is 6.26 Å². The molecule has 0 radical (unpaired) electrons. The van der Waals surface area contributed by atoms with Crippen molar-refractivity contribution >= 4 is 5.82 Å². The molecule has 5 nitrogen and oxygen atoms in total. The third kappa shape index (κ3) is 3.05. The van der Waals surface area contributed by atoms with Crippen LogP contribution in [-0.4, -0.2) is 16.0 Å². The second-order valence-electron chi connectivity index (χ2n) is 5.12. The quantitative estimate of drug-likeness (QED) is 0.864. The molecule has 2 N–H and O–H groups in total. The number of hydrogen-bond donors (Lipinski definition) is 2. The Bertz CT molecular complexity index is 599. The van der Waals surface area contributed by atoms with Gasteiger partial charge in [-0.1, -0.05) is 0 Å². The number of rotatable bonds is 5. The lowest BCUT2D eigenvalue weighted by Crippen LogP contribution is -2.21. The molecule has 0 aliphatic heterocycles. The van der Waals surface area contributed by atoms with Crippen molar-refractivity contribution in [3.8, 4) is 0 Å². The summed E-state index contributed by atoms with van der Waals surface area (Å²) in [6.07, 6.45) is 4.67. The lowest BCUT2D eigenvalue weighted by atomic mass is 10.2. The third-order valence-electron chi connectivity index (χ3n) is 3.21. The first kappa shape index (κ1) is 12.0. The molecular formula is C14H17N3O2. The van der Waals surface area contributed by atoms with E-state index in [1.165, 1.54) is 6.07 Å². The molecule has 2 heterocycles. The van der Waals surface area contributed by atoms with Gasteiger partial charge in [-0.3, -0.25) is 4.79 Å². The van der Waals surface area contributed by atoms with Crippen molar-refractivity contribution in [2.45, 2.75) is 38.1 Å². The monoisotopic (exact) mass is 259 g/mol. The Balaban J connectivity index is 1.70. The van der Waals surface area contributed by atoms with Crippen LogP contribution in [0.4, 0.5) is 5.82 Å². The molecule has 0 bridgehead atoms. The van der Waals surface area contributed by atoms with E-state index in [1.807, 2.05) is 19.1 Å². The van der Waals surface area contributed by atoms with Gasteiger partial charge in [0.1, 0.15) is 17.4 Å². The summed E-state index contributed by atoms with van der Waals surface area (Å²) in [6, 6.07) is 5.48. The Morgan fingerprint density at radius 3 is 3.11 bits per heavy atom. The lowest BCUT2D eigenvalue weighted by molar-refractivity contribution is 0.497. The molecule has 1 aliphatic carbocycles. The van der Waals surface area contributed by atoms with Gasteiger partial charge < -0.3 is 14.7 Å². The van der Waals surface area contributed by atoms with E-state index in [0.29, 0.717) is 11.7 Å². The fraction of sp³-hybridized carbons (Fsp3) is 0.429. The normalized spacial score (nSPS) is 16.3. The van der Waals surface area contributed by atoms with Crippen LogP contribution in [0.3, 0.4) is 0 Å². The van der Waals surface area contributed by atoms with Gasteiger partial charge >= 0.3 is 0 Å². The molecule has 0 amide bonds. The predicted molar refractivity (Wildman–Crippen MR) is 72.3 cm³/mol. The molecule has 1 saturated carbocycles. The van der Waals surface area contributed by atoms with E-state index in [-0.39, 0.29) is 11.6 Å². The maximum absolute atomic E-state index is 11.6. The number of nitrogens with one attached hydrogen (secondary N) is 2. The maximum atomic E-state index is 11.6. The van der Waals surface area contributed by atoms with Crippen molar-refractivity contribution < 1.29 is 4.42 Å². The second kappa shape index (κ2) is 4.91. The minimum atomic E-state index is -0.0930. The largest absolute Gasteiger partial charge is 0.469 e.